The fourth-order valence-corrected chi connectivity index (χ4v) is 3.59. The predicted octanol–water partition coefficient (Wildman–Crippen LogP) is 3.92. The first-order chi connectivity index (χ1) is 13.4. The van der Waals surface area contributed by atoms with Crippen molar-refractivity contribution in [3.8, 4) is 16.9 Å². The van der Waals surface area contributed by atoms with Crippen molar-refractivity contribution >= 4 is 27.3 Å². The topological polar surface area (TPSA) is 81.2 Å². The molecule has 0 spiro atoms. The van der Waals surface area contributed by atoms with Gasteiger partial charge >= 0.3 is 6.18 Å². The maximum atomic E-state index is 13.3. The summed E-state index contributed by atoms with van der Waals surface area (Å²) >= 11 is 6.27. The molecule has 3 aromatic rings. The summed E-state index contributed by atoms with van der Waals surface area (Å²) in [4.78, 5) is 1.61. The molecule has 0 aliphatic rings. The predicted molar refractivity (Wildman–Crippen MR) is 105 cm³/mol. The number of halogens is 4. The fourth-order valence-electron chi connectivity index (χ4n) is 2.73. The second kappa shape index (κ2) is 7.36. The molecule has 154 valence electrons. The zero-order chi connectivity index (χ0) is 21.6. The van der Waals surface area contributed by atoms with E-state index in [1.165, 1.54) is 24.3 Å². The number of alkyl halides is 3. The van der Waals surface area contributed by atoms with Gasteiger partial charge in [0.15, 0.2) is 5.69 Å². The van der Waals surface area contributed by atoms with E-state index in [0.29, 0.717) is 16.3 Å². The largest absolute Gasteiger partial charge is 0.435 e. The molecule has 0 atom stereocenters. The summed E-state index contributed by atoms with van der Waals surface area (Å²) in [5.41, 5.74) is 0.411. The summed E-state index contributed by atoms with van der Waals surface area (Å²) in [6, 6.07) is 10.8. The third kappa shape index (κ3) is 4.39. The van der Waals surface area contributed by atoms with E-state index in [2.05, 4.69) is 5.10 Å². The molecule has 29 heavy (non-hydrogen) atoms. The molecule has 0 aliphatic heterocycles. The number of hydrogen-bond acceptors (Lipinski definition) is 4. The van der Waals surface area contributed by atoms with E-state index in [1.54, 1.807) is 37.2 Å². The number of anilines is 1. The molecule has 11 heteroatoms. The third-order valence-electron chi connectivity index (χ3n) is 4.13. The lowest BCUT2D eigenvalue weighted by atomic mass is 10.1. The second-order valence-corrected chi connectivity index (χ2v) is 8.39. The molecule has 0 unspecified atom stereocenters. The molecule has 2 N–H and O–H groups in total. The molecule has 0 amide bonds. The quantitative estimate of drug-likeness (QED) is 0.661. The summed E-state index contributed by atoms with van der Waals surface area (Å²) < 4.78 is 63.7. The lowest BCUT2D eigenvalue weighted by Crippen LogP contribution is -2.12. The van der Waals surface area contributed by atoms with Gasteiger partial charge < -0.3 is 4.90 Å². The van der Waals surface area contributed by atoms with Gasteiger partial charge in [-0.2, -0.15) is 18.3 Å². The van der Waals surface area contributed by atoms with E-state index >= 15 is 0 Å². The van der Waals surface area contributed by atoms with Gasteiger partial charge in [-0.1, -0.05) is 17.7 Å². The summed E-state index contributed by atoms with van der Waals surface area (Å²) in [6.07, 6.45) is -4.66. The standard InChI is InChI=1S/C18H16ClF3N4O2S/c1-25(2)15-8-3-11(9-14(15)19)16-10-17(18(20,21)22)24-26(16)12-4-6-13(7-5-12)29(23,27)28/h3-10H,1-2H3,(H2,23,27,28). The van der Waals surface area contributed by atoms with E-state index in [-0.39, 0.29) is 16.3 Å². The summed E-state index contributed by atoms with van der Waals surface area (Å²) in [5.74, 6) is 0. The number of benzene rings is 2. The Balaban J connectivity index is 2.17. The van der Waals surface area contributed by atoms with Gasteiger partial charge in [-0.25, -0.2) is 18.2 Å². The fraction of sp³-hybridized carbons (Fsp3) is 0.167. The Morgan fingerprint density at radius 2 is 1.69 bits per heavy atom. The number of sulfonamides is 1. The van der Waals surface area contributed by atoms with Crippen LogP contribution in [0.1, 0.15) is 5.69 Å². The molecule has 2 aromatic carbocycles. The van der Waals surface area contributed by atoms with Gasteiger partial charge in [-0.15, -0.1) is 0 Å². The Labute approximate surface area is 170 Å². The van der Waals surface area contributed by atoms with Crippen LogP contribution >= 0.6 is 11.6 Å². The number of hydrogen-bond donors (Lipinski definition) is 1. The Hall–Kier alpha value is -2.56. The summed E-state index contributed by atoms with van der Waals surface area (Å²) in [7, 11) is -0.349. The van der Waals surface area contributed by atoms with E-state index in [1.807, 2.05) is 0 Å². The number of rotatable bonds is 4. The van der Waals surface area contributed by atoms with Crippen LogP contribution < -0.4 is 10.0 Å². The molecule has 6 nitrogen and oxygen atoms in total. The normalized spacial score (nSPS) is 12.2. The van der Waals surface area contributed by atoms with Crippen LogP contribution in [0.15, 0.2) is 53.4 Å². The summed E-state index contributed by atoms with van der Waals surface area (Å²) in [5, 5.41) is 9.09. The van der Waals surface area contributed by atoms with Crippen molar-refractivity contribution in [3.63, 3.8) is 0 Å². The molecule has 1 heterocycles. The molecule has 0 bridgehead atoms. The smallest absolute Gasteiger partial charge is 0.376 e. The Kier molecular flexibility index (Phi) is 5.37. The molecule has 0 saturated carbocycles. The maximum absolute atomic E-state index is 13.3. The van der Waals surface area contributed by atoms with Crippen molar-refractivity contribution in [2.45, 2.75) is 11.1 Å². The number of nitrogens with zero attached hydrogens (tertiary/aromatic N) is 3. The van der Waals surface area contributed by atoms with Crippen LogP contribution in [0, 0.1) is 0 Å². The van der Waals surface area contributed by atoms with Gasteiger partial charge in [0.25, 0.3) is 0 Å². The van der Waals surface area contributed by atoms with E-state index in [9.17, 15) is 21.6 Å². The van der Waals surface area contributed by atoms with Crippen LogP contribution in [-0.2, 0) is 16.2 Å². The van der Waals surface area contributed by atoms with Gasteiger partial charge in [0.2, 0.25) is 10.0 Å². The minimum Gasteiger partial charge on any atom is -0.376 e. The van der Waals surface area contributed by atoms with Gasteiger partial charge in [-0.3, -0.25) is 0 Å². The van der Waals surface area contributed by atoms with Crippen LogP contribution in [0.25, 0.3) is 16.9 Å². The van der Waals surface area contributed by atoms with Crippen LogP contribution in [0.4, 0.5) is 18.9 Å². The Bertz CT molecular complexity index is 1160. The van der Waals surface area contributed by atoms with Crippen LogP contribution in [0.5, 0.6) is 0 Å². The van der Waals surface area contributed by atoms with E-state index in [4.69, 9.17) is 16.7 Å². The first-order valence-corrected chi connectivity index (χ1v) is 10.1. The number of nitrogens with two attached hydrogens (primary N) is 1. The highest BCUT2D eigenvalue weighted by Gasteiger charge is 2.35. The highest BCUT2D eigenvalue weighted by atomic mass is 35.5. The average molecular weight is 445 g/mol. The van der Waals surface area contributed by atoms with Crippen LogP contribution in [0.2, 0.25) is 5.02 Å². The minimum atomic E-state index is -4.66. The second-order valence-electron chi connectivity index (χ2n) is 6.42. The lowest BCUT2D eigenvalue weighted by molar-refractivity contribution is -0.141. The van der Waals surface area contributed by atoms with Crippen molar-refractivity contribution in [2.24, 2.45) is 5.14 Å². The molecule has 0 saturated heterocycles. The first kappa shape index (κ1) is 21.2. The average Bonchev–Trinajstić information content (AvgIpc) is 3.06. The van der Waals surface area contributed by atoms with Crippen molar-refractivity contribution in [1.82, 2.24) is 9.78 Å². The Morgan fingerprint density at radius 1 is 1.07 bits per heavy atom. The Morgan fingerprint density at radius 3 is 2.17 bits per heavy atom. The third-order valence-corrected chi connectivity index (χ3v) is 5.37. The summed E-state index contributed by atoms with van der Waals surface area (Å²) in [6.45, 7) is 0. The lowest BCUT2D eigenvalue weighted by Gasteiger charge is -2.15. The highest BCUT2D eigenvalue weighted by Crippen LogP contribution is 2.35. The van der Waals surface area contributed by atoms with Gasteiger partial charge in [-0.05, 0) is 42.5 Å². The van der Waals surface area contributed by atoms with Crippen LogP contribution in [0.3, 0.4) is 0 Å². The molecular weight excluding hydrogens is 429 g/mol. The first-order valence-electron chi connectivity index (χ1n) is 8.15. The van der Waals surface area contributed by atoms with Crippen molar-refractivity contribution < 1.29 is 21.6 Å². The zero-order valence-corrected chi connectivity index (χ0v) is 16.8. The molecule has 3 rings (SSSR count). The maximum Gasteiger partial charge on any atom is 0.435 e. The molecule has 0 fully saturated rings. The van der Waals surface area contributed by atoms with Crippen molar-refractivity contribution in [1.29, 1.82) is 0 Å². The molecule has 0 radical (unpaired) electrons. The molecule has 1 aromatic heterocycles. The van der Waals surface area contributed by atoms with Crippen molar-refractivity contribution in [3.05, 3.63) is 59.2 Å². The monoisotopic (exact) mass is 444 g/mol. The molecular formula is C18H16ClF3N4O2S. The van der Waals surface area contributed by atoms with E-state index < -0.39 is 21.9 Å². The highest BCUT2D eigenvalue weighted by molar-refractivity contribution is 7.89. The van der Waals surface area contributed by atoms with Crippen LogP contribution in [-0.4, -0.2) is 32.3 Å². The van der Waals surface area contributed by atoms with Gasteiger partial charge in [0.05, 0.1) is 27.0 Å². The number of primary sulfonamides is 1. The SMILES string of the molecule is CN(C)c1ccc(-c2cc(C(F)(F)F)nn2-c2ccc(S(N)(=O)=O)cc2)cc1Cl. The van der Waals surface area contributed by atoms with Gasteiger partial charge in [0.1, 0.15) is 0 Å². The number of aromatic nitrogens is 2. The minimum absolute atomic E-state index is 0.146. The van der Waals surface area contributed by atoms with E-state index in [0.717, 1.165) is 10.7 Å². The molecule has 0 aliphatic carbocycles. The van der Waals surface area contributed by atoms with Crippen molar-refractivity contribution in [2.75, 3.05) is 19.0 Å². The zero-order valence-electron chi connectivity index (χ0n) is 15.3. The van der Waals surface area contributed by atoms with Gasteiger partial charge in [0, 0.05) is 19.7 Å².